The van der Waals surface area contributed by atoms with E-state index in [1.54, 1.807) is 24.5 Å². The third-order valence-corrected chi connectivity index (χ3v) is 4.69. The average Bonchev–Trinajstić information content (AvgIpc) is 3.13. The van der Waals surface area contributed by atoms with E-state index in [0.29, 0.717) is 17.2 Å². The van der Waals surface area contributed by atoms with E-state index >= 15 is 0 Å². The number of thiazole rings is 1. The normalized spacial score (nSPS) is 18.4. The molecule has 3 rings (SSSR count). The molecule has 106 valence electrons. The quantitative estimate of drug-likeness (QED) is 0.879. The molecule has 1 aliphatic rings. The van der Waals surface area contributed by atoms with Crippen LogP contribution in [-0.2, 0) is 4.74 Å². The number of fused-ring (bicyclic) bond motifs is 1. The molecule has 0 saturated carbocycles. The molecule has 20 heavy (non-hydrogen) atoms. The van der Waals surface area contributed by atoms with Crippen molar-refractivity contribution < 1.29 is 14.3 Å². The van der Waals surface area contributed by atoms with Crippen LogP contribution in [0.25, 0.3) is 10.2 Å². The number of methoxy groups -OCH3 is 2. The molecule has 0 aliphatic carbocycles. The molecule has 1 saturated heterocycles. The SMILES string of the molecule is COC(=O)c1cc(OC)c2nc(C3CCNC3)sc2c1. The number of hydrogen-bond donors (Lipinski definition) is 1. The van der Waals surface area contributed by atoms with Crippen LogP contribution in [0.15, 0.2) is 12.1 Å². The molecule has 0 bridgehead atoms. The molecule has 1 aliphatic heterocycles. The van der Waals surface area contributed by atoms with Crippen molar-refractivity contribution in [3.63, 3.8) is 0 Å². The maximum absolute atomic E-state index is 11.7. The summed E-state index contributed by atoms with van der Waals surface area (Å²) in [6.45, 7) is 2.00. The number of hydrogen-bond acceptors (Lipinski definition) is 6. The van der Waals surface area contributed by atoms with Gasteiger partial charge in [0.05, 0.1) is 29.5 Å². The summed E-state index contributed by atoms with van der Waals surface area (Å²) in [5, 5.41) is 4.45. The van der Waals surface area contributed by atoms with Gasteiger partial charge in [-0.2, -0.15) is 0 Å². The molecule has 0 radical (unpaired) electrons. The summed E-state index contributed by atoms with van der Waals surface area (Å²) in [4.78, 5) is 16.4. The average molecular weight is 292 g/mol. The summed E-state index contributed by atoms with van der Waals surface area (Å²) in [5.74, 6) is 0.720. The Morgan fingerprint density at radius 3 is 2.95 bits per heavy atom. The van der Waals surface area contributed by atoms with Crippen LogP contribution in [0, 0.1) is 0 Å². The third kappa shape index (κ3) is 2.25. The first-order chi connectivity index (χ1) is 9.72. The second-order valence-corrected chi connectivity index (χ2v) is 5.82. The summed E-state index contributed by atoms with van der Waals surface area (Å²) in [5.41, 5.74) is 1.32. The summed E-state index contributed by atoms with van der Waals surface area (Å²) in [6, 6.07) is 3.51. The molecular weight excluding hydrogens is 276 g/mol. The molecule has 5 nitrogen and oxygen atoms in total. The van der Waals surface area contributed by atoms with Gasteiger partial charge in [0.2, 0.25) is 0 Å². The van der Waals surface area contributed by atoms with Crippen LogP contribution in [0.1, 0.15) is 27.7 Å². The molecular formula is C14H16N2O3S. The van der Waals surface area contributed by atoms with Gasteiger partial charge in [-0.05, 0) is 25.1 Å². The van der Waals surface area contributed by atoms with Crippen molar-refractivity contribution in [2.24, 2.45) is 0 Å². The number of aromatic nitrogens is 1. The Hall–Kier alpha value is -1.66. The van der Waals surface area contributed by atoms with Gasteiger partial charge >= 0.3 is 5.97 Å². The van der Waals surface area contributed by atoms with Gasteiger partial charge in [0.1, 0.15) is 11.3 Å². The van der Waals surface area contributed by atoms with Crippen LogP contribution in [-0.4, -0.2) is 38.3 Å². The molecule has 0 spiro atoms. The van der Waals surface area contributed by atoms with Gasteiger partial charge in [0.25, 0.3) is 0 Å². The summed E-state index contributed by atoms with van der Waals surface area (Å²) < 4.78 is 11.1. The first kappa shape index (κ1) is 13.3. The molecule has 2 heterocycles. The van der Waals surface area contributed by atoms with Gasteiger partial charge in [-0.3, -0.25) is 0 Å². The second kappa shape index (κ2) is 5.38. The minimum atomic E-state index is -0.359. The van der Waals surface area contributed by atoms with Crippen LogP contribution in [0.4, 0.5) is 0 Å². The highest BCUT2D eigenvalue weighted by Gasteiger charge is 2.22. The Morgan fingerprint density at radius 1 is 1.45 bits per heavy atom. The largest absolute Gasteiger partial charge is 0.494 e. The van der Waals surface area contributed by atoms with Crippen molar-refractivity contribution in [1.82, 2.24) is 10.3 Å². The first-order valence-electron chi connectivity index (χ1n) is 6.50. The fraction of sp³-hybridized carbons (Fsp3) is 0.429. The number of rotatable bonds is 3. The Kier molecular flexibility index (Phi) is 3.58. The molecule has 0 amide bonds. The lowest BCUT2D eigenvalue weighted by atomic mass is 10.1. The van der Waals surface area contributed by atoms with Gasteiger partial charge in [-0.15, -0.1) is 11.3 Å². The van der Waals surface area contributed by atoms with Crippen molar-refractivity contribution in [2.45, 2.75) is 12.3 Å². The summed E-state index contributed by atoms with van der Waals surface area (Å²) in [7, 11) is 2.97. The Balaban J connectivity index is 2.09. The van der Waals surface area contributed by atoms with Crippen molar-refractivity contribution in [1.29, 1.82) is 0 Å². The zero-order valence-corrected chi connectivity index (χ0v) is 12.3. The third-order valence-electron chi connectivity index (χ3n) is 3.53. The number of carbonyl (C=O) groups is 1. The molecule has 6 heteroatoms. The van der Waals surface area contributed by atoms with E-state index in [9.17, 15) is 4.79 Å². The van der Waals surface area contributed by atoms with Crippen LogP contribution in [0.3, 0.4) is 0 Å². The van der Waals surface area contributed by atoms with Gasteiger partial charge in [0, 0.05) is 12.5 Å². The van der Waals surface area contributed by atoms with Gasteiger partial charge < -0.3 is 14.8 Å². The van der Waals surface area contributed by atoms with Crippen LogP contribution < -0.4 is 10.1 Å². The molecule has 1 aromatic carbocycles. The van der Waals surface area contributed by atoms with Crippen molar-refractivity contribution in [3.05, 3.63) is 22.7 Å². The Labute approximate surface area is 120 Å². The molecule has 1 N–H and O–H groups in total. The highest BCUT2D eigenvalue weighted by atomic mass is 32.1. The molecule has 1 atom stereocenters. The van der Waals surface area contributed by atoms with Crippen LogP contribution in [0.5, 0.6) is 5.75 Å². The molecule has 1 aromatic heterocycles. The number of nitrogens with zero attached hydrogens (tertiary/aromatic N) is 1. The minimum Gasteiger partial charge on any atom is -0.494 e. The molecule has 1 unspecified atom stereocenters. The predicted molar refractivity (Wildman–Crippen MR) is 77.7 cm³/mol. The van der Waals surface area contributed by atoms with E-state index in [4.69, 9.17) is 14.5 Å². The topological polar surface area (TPSA) is 60.5 Å². The second-order valence-electron chi connectivity index (χ2n) is 4.76. The zero-order valence-electron chi connectivity index (χ0n) is 11.4. The lowest BCUT2D eigenvalue weighted by Crippen LogP contribution is -2.07. The lowest BCUT2D eigenvalue weighted by molar-refractivity contribution is 0.0600. The maximum atomic E-state index is 11.7. The highest BCUT2D eigenvalue weighted by Crippen LogP contribution is 2.36. The molecule has 1 fully saturated rings. The standard InChI is InChI=1S/C14H16N2O3S/c1-18-10-5-9(14(17)19-2)6-11-12(10)16-13(20-11)8-3-4-15-7-8/h5-6,8,15H,3-4,7H2,1-2H3. The fourth-order valence-electron chi connectivity index (χ4n) is 2.45. The van der Waals surface area contributed by atoms with Gasteiger partial charge in [-0.25, -0.2) is 9.78 Å². The van der Waals surface area contributed by atoms with Crippen molar-refractivity contribution in [3.8, 4) is 5.75 Å². The number of carbonyl (C=O) groups excluding carboxylic acids is 1. The summed E-state index contributed by atoms with van der Waals surface area (Å²) in [6.07, 6.45) is 1.10. The van der Waals surface area contributed by atoms with Crippen molar-refractivity contribution in [2.75, 3.05) is 27.3 Å². The summed E-state index contributed by atoms with van der Waals surface area (Å²) >= 11 is 1.63. The number of esters is 1. The number of benzene rings is 1. The van der Waals surface area contributed by atoms with E-state index in [2.05, 4.69) is 5.32 Å². The van der Waals surface area contributed by atoms with E-state index in [1.165, 1.54) is 7.11 Å². The molecule has 2 aromatic rings. The number of nitrogens with one attached hydrogen (secondary N) is 1. The van der Waals surface area contributed by atoms with Crippen LogP contribution in [0.2, 0.25) is 0 Å². The van der Waals surface area contributed by atoms with E-state index in [0.717, 1.165) is 34.7 Å². The van der Waals surface area contributed by atoms with Gasteiger partial charge in [0.15, 0.2) is 0 Å². The minimum absolute atomic E-state index is 0.359. The van der Waals surface area contributed by atoms with E-state index < -0.39 is 0 Å². The number of ether oxygens (including phenoxy) is 2. The fourth-order valence-corrected chi connectivity index (χ4v) is 3.61. The monoisotopic (exact) mass is 292 g/mol. The predicted octanol–water partition coefficient (Wildman–Crippen LogP) is 2.17. The Bertz CT molecular complexity index is 647. The van der Waals surface area contributed by atoms with E-state index in [-0.39, 0.29) is 5.97 Å². The Morgan fingerprint density at radius 2 is 2.30 bits per heavy atom. The highest BCUT2D eigenvalue weighted by molar-refractivity contribution is 7.18. The lowest BCUT2D eigenvalue weighted by Gasteiger charge is -2.04. The maximum Gasteiger partial charge on any atom is 0.338 e. The van der Waals surface area contributed by atoms with E-state index in [1.807, 2.05) is 6.07 Å². The first-order valence-corrected chi connectivity index (χ1v) is 7.32. The van der Waals surface area contributed by atoms with Crippen LogP contribution >= 0.6 is 11.3 Å². The smallest absolute Gasteiger partial charge is 0.338 e. The van der Waals surface area contributed by atoms with Gasteiger partial charge in [-0.1, -0.05) is 0 Å². The zero-order chi connectivity index (χ0) is 14.1. The van der Waals surface area contributed by atoms with Crippen molar-refractivity contribution >= 4 is 27.5 Å².